The molecule has 3 unspecified atom stereocenters. The molecule has 1 aliphatic carbocycles. The highest BCUT2D eigenvalue weighted by atomic mass is 16.5. The average Bonchev–Trinajstić information content (AvgIpc) is 2.46. The third kappa shape index (κ3) is 3.62. The van der Waals surface area contributed by atoms with Gasteiger partial charge in [-0.05, 0) is 18.3 Å². The van der Waals surface area contributed by atoms with E-state index in [0.29, 0.717) is 31.5 Å². The molecule has 6 heteroatoms. The molecule has 0 aromatic heterocycles. The number of aliphatic carboxylic acids is 1. The number of rotatable bonds is 3. The van der Waals surface area contributed by atoms with Crippen LogP contribution in [0, 0.1) is 11.8 Å². The molecular formula is C14H24N2O4. The number of amides is 2. The highest BCUT2D eigenvalue weighted by Gasteiger charge is 2.33. The van der Waals surface area contributed by atoms with Crippen LogP contribution in [0.5, 0.6) is 0 Å². The molecule has 2 N–H and O–H groups in total. The summed E-state index contributed by atoms with van der Waals surface area (Å²) in [6.45, 7) is 3.68. The second-order valence-electron chi connectivity index (χ2n) is 5.83. The summed E-state index contributed by atoms with van der Waals surface area (Å²) in [7, 11) is 0. The Balaban J connectivity index is 1.85. The largest absolute Gasteiger partial charge is 0.480 e. The summed E-state index contributed by atoms with van der Waals surface area (Å²) in [6.07, 6.45) is 4.86. The molecule has 6 nitrogen and oxygen atoms in total. The number of hydrogen-bond acceptors (Lipinski definition) is 3. The van der Waals surface area contributed by atoms with Crippen molar-refractivity contribution in [1.29, 1.82) is 0 Å². The topological polar surface area (TPSA) is 78.9 Å². The van der Waals surface area contributed by atoms with Gasteiger partial charge in [0, 0.05) is 13.1 Å². The molecule has 0 bridgehead atoms. The molecule has 1 heterocycles. The molecule has 2 aliphatic rings. The number of carboxylic acid groups (broad SMARTS) is 1. The van der Waals surface area contributed by atoms with Gasteiger partial charge in [-0.15, -0.1) is 0 Å². The van der Waals surface area contributed by atoms with E-state index in [1.807, 2.05) is 0 Å². The van der Waals surface area contributed by atoms with E-state index in [1.54, 1.807) is 0 Å². The van der Waals surface area contributed by atoms with Crippen molar-refractivity contribution in [3.63, 3.8) is 0 Å². The zero-order chi connectivity index (χ0) is 14.5. The molecule has 1 saturated carbocycles. The van der Waals surface area contributed by atoms with Crippen LogP contribution in [0.2, 0.25) is 0 Å². The average molecular weight is 284 g/mol. The summed E-state index contributed by atoms with van der Waals surface area (Å²) in [4.78, 5) is 24.7. The highest BCUT2D eigenvalue weighted by molar-refractivity contribution is 5.83. The fourth-order valence-corrected chi connectivity index (χ4v) is 3.07. The number of nitrogens with one attached hydrogen (secondary N) is 1. The van der Waals surface area contributed by atoms with Crippen LogP contribution in [0.1, 0.15) is 32.6 Å². The molecule has 114 valence electrons. The second-order valence-corrected chi connectivity index (χ2v) is 5.83. The molecule has 2 amide bonds. The number of hydrogen-bond donors (Lipinski definition) is 2. The first-order valence-electron chi connectivity index (χ1n) is 7.44. The van der Waals surface area contributed by atoms with Crippen molar-refractivity contribution in [2.24, 2.45) is 11.8 Å². The minimum atomic E-state index is -1.01. The first-order valence-corrected chi connectivity index (χ1v) is 7.44. The van der Waals surface area contributed by atoms with Gasteiger partial charge in [-0.1, -0.05) is 26.2 Å². The first kappa shape index (κ1) is 15.1. The molecule has 2 fully saturated rings. The van der Waals surface area contributed by atoms with Crippen molar-refractivity contribution < 1.29 is 19.4 Å². The first-order chi connectivity index (χ1) is 9.59. The summed E-state index contributed by atoms with van der Waals surface area (Å²) >= 11 is 0. The number of urea groups is 1. The van der Waals surface area contributed by atoms with Crippen molar-refractivity contribution in [3.05, 3.63) is 0 Å². The number of morpholine rings is 1. The van der Waals surface area contributed by atoms with Crippen LogP contribution >= 0.6 is 0 Å². The standard InChI is InChI=1S/C14H24N2O4/c1-10-4-2-3-5-11(10)8-15-14(19)16-6-7-20-9-12(16)13(17)18/h10-12H,2-9H2,1H3,(H,15,19)(H,17,18). The van der Waals surface area contributed by atoms with Crippen LogP contribution in [0.4, 0.5) is 4.79 Å². The summed E-state index contributed by atoms with van der Waals surface area (Å²) in [5.41, 5.74) is 0. The zero-order valence-corrected chi connectivity index (χ0v) is 12.0. The Kier molecular flexibility index (Phi) is 5.23. The molecule has 0 radical (unpaired) electrons. The fraction of sp³-hybridized carbons (Fsp3) is 0.857. The summed E-state index contributed by atoms with van der Waals surface area (Å²) in [5, 5.41) is 12.0. The van der Waals surface area contributed by atoms with E-state index in [1.165, 1.54) is 24.2 Å². The van der Waals surface area contributed by atoms with Crippen LogP contribution in [-0.4, -0.2) is 54.4 Å². The Morgan fingerprint density at radius 2 is 2.10 bits per heavy atom. The van der Waals surface area contributed by atoms with Crippen LogP contribution in [0.3, 0.4) is 0 Å². The number of carbonyl (C=O) groups is 2. The van der Waals surface area contributed by atoms with E-state index < -0.39 is 12.0 Å². The quantitative estimate of drug-likeness (QED) is 0.819. The summed E-state index contributed by atoms with van der Waals surface area (Å²) < 4.78 is 5.13. The third-order valence-electron chi connectivity index (χ3n) is 4.48. The van der Waals surface area contributed by atoms with E-state index in [4.69, 9.17) is 9.84 Å². The van der Waals surface area contributed by atoms with Crippen molar-refractivity contribution in [2.75, 3.05) is 26.3 Å². The van der Waals surface area contributed by atoms with Crippen molar-refractivity contribution >= 4 is 12.0 Å². The molecule has 0 spiro atoms. The SMILES string of the molecule is CC1CCCCC1CNC(=O)N1CCOCC1C(=O)O. The van der Waals surface area contributed by atoms with Gasteiger partial charge in [-0.25, -0.2) is 9.59 Å². The highest BCUT2D eigenvalue weighted by Crippen LogP contribution is 2.28. The van der Waals surface area contributed by atoms with Crippen LogP contribution in [0.25, 0.3) is 0 Å². The van der Waals surface area contributed by atoms with Gasteiger partial charge >= 0.3 is 12.0 Å². The van der Waals surface area contributed by atoms with Crippen LogP contribution < -0.4 is 5.32 Å². The van der Waals surface area contributed by atoms with Gasteiger partial charge in [0.2, 0.25) is 0 Å². The van der Waals surface area contributed by atoms with Crippen molar-refractivity contribution in [3.8, 4) is 0 Å². The van der Waals surface area contributed by atoms with Crippen molar-refractivity contribution in [2.45, 2.75) is 38.6 Å². The van der Waals surface area contributed by atoms with Crippen LogP contribution in [0.15, 0.2) is 0 Å². The van der Waals surface area contributed by atoms with E-state index in [-0.39, 0.29) is 12.6 Å². The molecule has 1 saturated heterocycles. The van der Waals surface area contributed by atoms with Gasteiger partial charge in [-0.3, -0.25) is 0 Å². The summed E-state index contributed by atoms with van der Waals surface area (Å²) in [6, 6.07) is -1.15. The Morgan fingerprint density at radius 3 is 2.80 bits per heavy atom. The third-order valence-corrected chi connectivity index (χ3v) is 4.48. The molecule has 0 aromatic rings. The van der Waals surface area contributed by atoms with Gasteiger partial charge in [0.25, 0.3) is 0 Å². The van der Waals surface area contributed by atoms with Gasteiger partial charge < -0.3 is 20.1 Å². The number of ether oxygens (including phenoxy) is 1. The smallest absolute Gasteiger partial charge is 0.328 e. The van der Waals surface area contributed by atoms with E-state index >= 15 is 0 Å². The zero-order valence-electron chi connectivity index (χ0n) is 12.0. The molecule has 3 atom stereocenters. The lowest BCUT2D eigenvalue weighted by molar-refractivity contribution is -0.147. The molecule has 0 aromatic carbocycles. The maximum atomic E-state index is 12.2. The minimum absolute atomic E-state index is 0.0720. The Hall–Kier alpha value is -1.30. The number of carbonyl (C=O) groups excluding carboxylic acids is 1. The molecular weight excluding hydrogens is 260 g/mol. The van der Waals surface area contributed by atoms with Gasteiger partial charge in [-0.2, -0.15) is 0 Å². The Labute approximate surface area is 119 Å². The van der Waals surface area contributed by atoms with Gasteiger partial charge in [0.05, 0.1) is 13.2 Å². The molecule has 20 heavy (non-hydrogen) atoms. The number of carboxylic acids is 1. The Morgan fingerprint density at radius 1 is 1.35 bits per heavy atom. The molecule has 1 aliphatic heterocycles. The minimum Gasteiger partial charge on any atom is -0.480 e. The maximum Gasteiger partial charge on any atom is 0.328 e. The second kappa shape index (κ2) is 6.92. The van der Waals surface area contributed by atoms with E-state index in [9.17, 15) is 9.59 Å². The van der Waals surface area contributed by atoms with Crippen LogP contribution in [-0.2, 0) is 9.53 Å². The lowest BCUT2D eigenvalue weighted by Crippen LogP contribution is -2.56. The van der Waals surface area contributed by atoms with E-state index in [0.717, 1.165) is 6.42 Å². The predicted octanol–water partition coefficient (Wildman–Crippen LogP) is 1.31. The lowest BCUT2D eigenvalue weighted by atomic mass is 9.80. The normalized spacial score (nSPS) is 30.9. The Bertz CT molecular complexity index is 361. The van der Waals surface area contributed by atoms with Gasteiger partial charge in [0.1, 0.15) is 0 Å². The maximum absolute atomic E-state index is 12.2. The lowest BCUT2D eigenvalue weighted by Gasteiger charge is -2.34. The van der Waals surface area contributed by atoms with Crippen molar-refractivity contribution in [1.82, 2.24) is 10.2 Å². The summed E-state index contributed by atoms with van der Waals surface area (Å²) in [5.74, 6) is 0.131. The monoisotopic (exact) mass is 284 g/mol. The fourth-order valence-electron chi connectivity index (χ4n) is 3.07. The van der Waals surface area contributed by atoms with Gasteiger partial charge in [0.15, 0.2) is 6.04 Å². The predicted molar refractivity (Wildman–Crippen MR) is 73.5 cm³/mol. The molecule has 2 rings (SSSR count). The van der Waals surface area contributed by atoms with E-state index in [2.05, 4.69) is 12.2 Å². The number of nitrogens with zero attached hydrogens (tertiary/aromatic N) is 1.